The molecule has 2 aliphatic rings. The van der Waals surface area contributed by atoms with Crippen LogP contribution in [-0.4, -0.2) is 31.2 Å². The molecule has 0 bridgehead atoms. The van der Waals surface area contributed by atoms with Gasteiger partial charge in [0.1, 0.15) is 13.2 Å². The highest BCUT2D eigenvalue weighted by Gasteiger charge is 2.22. The smallest absolute Gasteiger partial charge is 0.257 e. The Morgan fingerprint density at radius 3 is 2.81 bits per heavy atom. The highest BCUT2D eigenvalue weighted by molar-refractivity contribution is 7.15. The number of amides is 1. The Morgan fingerprint density at radius 2 is 1.96 bits per heavy atom. The normalized spacial score (nSPS) is 16.2. The predicted octanol–water partition coefficient (Wildman–Crippen LogP) is 3.83. The quantitative estimate of drug-likeness (QED) is 0.884. The van der Waals surface area contributed by atoms with E-state index in [-0.39, 0.29) is 5.91 Å². The average molecular weight is 374 g/mol. The number of benzene rings is 1. The van der Waals surface area contributed by atoms with E-state index >= 15 is 0 Å². The summed E-state index contributed by atoms with van der Waals surface area (Å²) in [5.41, 5.74) is 1.61. The third kappa shape index (κ3) is 3.49. The highest BCUT2D eigenvalue weighted by Crippen LogP contribution is 2.40. The van der Waals surface area contributed by atoms with E-state index in [1.54, 1.807) is 30.6 Å². The Hall–Kier alpha value is -2.28. The summed E-state index contributed by atoms with van der Waals surface area (Å²) in [7, 11) is 1.55. The molecule has 0 unspecified atom stereocenters. The number of carbonyl (C=O) groups excluding carboxylic acids is 1. The van der Waals surface area contributed by atoms with E-state index < -0.39 is 0 Å². The van der Waals surface area contributed by atoms with Crippen molar-refractivity contribution in [3.05, 3.63) is 28.3 Å². The topological polar surface area (TPSA) is 69.7 Å². The Kier molecular flexibility index (Phi) is 4.97. The van der Waals surface area contributed by atoms with Gasteiger partial charge in [-0.3, -0.25) is 10.1 Å². The summed E-state index contributed by atoms with van der Waals surface area (Å²) < 4.78 is 16.5. The molecule has 0 spiro atoms. The molecule has 1 aliphatic carbocycles. The molecule has 2 heterocycles. The lowest BCUT2D eigenvalue weighted by molar-refractivity contribution is 0.102. The largest absolute Gasteiger partial charge is 0.493 e. The van der Waals surface area contributed by atoms with Gasteiger partial charge in [-0.1, -0.05) is 12.8 Å². The van der Waals surface area contributed by atoms with E-state index in [4.69, 9.17) is 14.2 Å². The summed E-state index contributed by atoms with van der Waals surface area (Å²) in [6.45, 7) is 0.931. The Morgan fingerprint density at radius 1 is 1.15 bits per heavy atom. The average Bonchev–Trinajstić information content (AvgIpc) is 3.01. The predicted molar refractivity (Wildman–Crippen MR) is 99.9 cm³/mol. The number of carbonyl (C=O) groups is 1. The zero-order valence-corrected chi connectivity index (χ0v) is 15.6. The Balaban J connectivity index is 1.56. The molecular formula is C19H22N2O4S. The number of fused-ring (bicyclic) bond motifs is 2. The SMILES string of the molecule is COc1cc(C(=O)Nc2nc3c(s2)CCCCCC3)cc2c1OCCO2. The minimum absolute atomic E-state index is 0.220. The summed E-state index contributed by atoms with van der Waals surface area (Å²) in [5, 5.41) is 3.59. The van der Waals surface area contributed by atoms with Crippen LogP contribution in [-0.2, 0) is 12.8 Å². The van der Waals surface area contributed by atoms with Crippen molar-refractivity contribution in [1.82, 2.24) is 4.98 Å². The molecule has 0 atom stereocenters. The Labute approximate surface area is 156 Å². The summed E-state index contributed by atoms with van der Waals surface area (Å²) in [4.78, 5) is 18.7. The molecule has 2 aromatic rings. The van der Waals surface area contributed by atoms with Gasteiger partial charge in [-0.05, 0) is 37.8 Å². The van der Waals surface area contributed by atoms with Crippen molar-refractivity contribution < 1.29 is 19.0 Å². The highest BCUT2D eigenvalue weighted by atomic mass is 32.1. The van der Waals surface area contributed by atoms with E-state index in [2.05, 4.69) is 10.3 Å². The minimum Gasteiger partial charge on any atom is -0.493 e. The maximum absolute atomic E-state index is 12.7. The molecule has 0 saturated heterocycles. The fraction of sp³-hybridized carbons (Fsp3) is 0.474. The van der Waals surface area contributed by atoms with Crippen LogP contribution in [0.2, 0.25) is 0 Å². The zero-order valence-electron chi connectivity index (χ0n) is 14.8. The van der Waals surface area contributed by atoms with Crippen LogP contribution >= 0.6 is 11.3 Å². The molecule has 26 heavy (non-hydrogen) atoms. The van der Waals surface area contributed by atoms with Crippen LogP contribution in [0.5, 0.6) is 17.2 Å². The number of rotatable bonds is 3. The number of hydrogen-bond acceptors (Lipinski definition) is 6. The van der Waals surface area contributed by atoms with Gasteiger partial charge in [-0.25, -0.2) is 4.98 Å². The van der Waals surface area contributed by atoms with Crippen LogP contribution in [0.25, 0.3) is 0 Å². The lowest BCUT2D eigenvalue weighted by Crippen LogP contribution is -2.18. The Bertz CT molecular complexity index is 775. The van der Waals surface area contributed by atoms with Gasteiger partial charge in [-0.15, -0.1) is 11.3 Å². The maximum Gasteiger partial charge on any atom is 0.257 e. The molecule has 4 rings (SSSR count). The molecule has 1 N–H and O–H groups in total. The number of hydrogen-bond donors (Lipinski definition) is 1. The minimum atomic E-state index is -0.220. The molecule has 1 aliphatic heterocycles. The van der Waals surface area contributed by atoms with Gasteiger partial charge in [-0.2, -0.15) is 0 Å². The number of aryl methyl sites for hydroxylation is 2. The first-order valence-electron chi connectivity index (χ1n) is 9.02. The summed E-state index contributed by atoms with van der Waals surface area (Å²) in [6.07, 6.45) is 6.96. The first-order valence-corrected chi connectivity index (χ1v) is 9.84. The lowest BCUT2D eigenvalue weighted by atomic mass is 10.0. The number of anilines is 1. The summed E-state index contributed by atoms with van der Waals surface area (Å²) in [5.74, 6) is 1.36. The molecule has 7 heteroatoms. The van der Waals surface area contributed by atoms with Crippen LogP contribution in [0.4, 0.5) is 5.13 Å². The fourth-order valence-electron chi connectivity index (χ4n) is 3.33. The van der Waals surface area contributed by atoms with Gasteiger partial charge >= 0.3 is 0 Å². The van der Waals surface area contributed by atoms with Crippen molar-refractivity contribution >= 4 is 22.4 Å². The van der Waals surface area contributed by atoms with Crippen LogP contribution in [0.1, 0.15) is 46.6 Å². The van der Waals surface area contributed by atoms with Gasteiger partial charge in [0.2, 0.25) is 5.75 Å². The number of methoxy groups -OCH3 is 1. The zero-order chi connectivity index (χ0) is 17.9. The van der Waals surface area contributed by atoms with Crippen LogP contribution in [0, 0.1) is 0 Å². The van der Waals surface area contributed by atoms with Gasteiger partial charge < -0.3 is 14.2 Å². The van der Waals surface area contributed by atoms with Crippen LogP contribution < -0.4 is 19.5 Å². The second-order valence-electron chi connectivity index (χ2n) is 6.46. The lowest BCUT2D eigenvalue weighted by Gasteiger charge is -2.21. The molecule has 1 amide bonds. The van der Waals surface area contributed by atoms with Crippen molar-refractivity contribution in [2.24, 2.45) is 0 Å². The van der Waals surface area contributed by atoms with Crippen LogP contribution in [0.15, 0.2) is 12.1 Å². The number of thiazole rings is 1. The number of nitrogens with one attached hydrogen (secondary N) is 1. The molecular weight excluding hydrogens is 352 g/mol. The van der Waals surface area contributed by atoms with E-state index in [0.29, 0.717) is 41.2 Å². The molecule has 0 radical (unpaired) electrons. The molecule has 138 valence electrons. The number of aromatic nitrogens is 1. The first kappa shape index (κ1) is 17.1. The van der Waals surface area contributed by atoms with Gasteiger partial charge in [0.15, 0.2) is 16.6 Å². The van der Waals surface area contributed by atoms with Crippen molar-refractivity contribution in [3.8, 4) is 17.2 Å². The van der Waals surface area contributed by atoms with Crippen molar-refractivity contribution in [3.63, 3.8) is 0 Å². The maximum atomic E-state index is 12.7. The van der Waals surface area contributed by atoms with Gasteiger partial charge in [0.25, 0.3) is 5.91 Å². The third-order valence-corrected chi connectivity index (χ3v) is 5.73. The van der Waals surface area contributed by atoms with E-state index in [1.807, 2.05) is 0 Å². The van der Waals surface area contributed by atoms with Gasteiger partial charge in [0.05, 0.1) is 12.8 Å². The van der Waals surface area contributed by atoms with E-state index in [9.17, 15) is 4.79 Å². The molecule has 6 nitrogen and oxygen atoms in total. The van der Waals surface area contributed by atoms with E-state index in [1.165, 1.54) is 30.6 Å². The van der Waals surface area contributed by atoms with Crippen molar-refractivity contribution in [2.75, 3.05) is 25.6 Å². The second-order valence-corrected chi connectivity index (χ2v) is 7.54. The van der Waals surface area contributed by atoms with Gasteiger partial charge in [0, 0.05) is 10.4 Å². The van der Waals surface area contributed by atoms with Crippen molar-refractivity contribution in [1.29, 1.82) is 0 Å². The summed E-state index contributed by atoms with van der Waals surface area (Å²) in [6, 6.07) is 3.36. The number of nitrogens with zero attached hydrogens (tertiary/aromatic N) is 1. The van der Waals surface area contributed by atoms with E-state index in [0.717, 1.165) is 18.5 Å². The molecule has 0 fully saturated rings. The molecule has 1 aromatic heterocycles. The van der Waals surface area contributed by atoms with Crippen LogP contribution in [0.3, 0.4) is 0 Å². The third-order valence-electron chi connectivity index (χ3n) is 4.66. The van der Waals surface area contributed by atoms with Crippen molar-refractivity contribution in [2.45, 2.75) is 38.5 Å². The summed E-state index contributed by atoms with van der Waals surface area (Å²) >= 11 is 1.59. The first-order chi connectivity index (χ1) is 12.7. The number of ether oxygens (including phenoxy) is 3. The molecule has 1 aromatic carbocycles. The monoisotopic (exact) mass is 374 g/mol. The fourth-order valence-corrected chi connectivity index (χ4v) is 4.38. The molecule has 0 saturated carbocycles. The standard InChI is InChI=1S/C19H22N2O4S/c1-23-14-10-12(11-15-17(14)25-9-8-24-15)18(22)21-19-20-13-6-4-2-3-5-7-16(13)26-19/h10-11H,2-9H2,1H3,(H,20,21,22). The second kappa shape index (κ2) is 7.53.